The SMILES string of the molecule is COC(=O)c1cc(Br)ccc1NC(=O)[C@H]1CS[C@@]2(C)CCC(=O)N12. The first-order valence-corrected chi connectivity index (χ1v) is 9.28. The number of carbonyl (C=O) groups is 3. The van der Waals surface area contributed by atoms with Crippen LogP contribution in [0.4, 0.5) is 5.69 Å². The molecule has 2 heterocycles. The van der Waals surface area contributed by atoms with Crippen molar-refractivity contribution in [2.45, 2.75) is 30.7 Å². The van der Waals surface area contributed by atoms with Gasteiger partial charge >= 0.3 is 5.97 Å². The lowest BCUT2D eigenvalue weighted by Gasteiger charge is -2.30. The van der Waals surface area contributed by atoms with Gasteiger partial charge in [0.15, 0.2) is 0 Å². The minimum Gasteiger partial charge on any atom is -0.465 e. The fraction of sp³-hybridized carbons (Fsp3) is 0.438. The molecule has 8 heteroatoms. The molecular formula is C16H17BrN2O4S. The van der Waals surface area contributed by atoms with Gasteiger partial charge in [0.25, 0.3) is 0 Å². The molecule has 2 atom stereocenters. The highest BCUT2D eigenvalue weighted by molar-refractivity contribution is 9.10. The Labute approximate surface area is 152 Å². The van der Waals surface area contributed by atoms with E-state index in [2.05, 4.69) is 21.2 Å². The molecule has 128 valence electrons. The molecular weight excluding hydrogens is 396 g/mol. The molecule has 2 amide bonds. The molecule has 6 nitrogen and oxygen atoms in total. The van der Waals surface area contributed by atoms with Gasteiger partial charge in [-0.1, -0.05) is 15.9 Å². The molecule has 1 N–H and O–H groups in total. The summed E-state index contributed by atoms with van der Waals surface area (Å²) < 4.78 is 5.47. The van der Waals surface area contributed by atoms with Crippen LogP contribution in [0.2, 0.25) is 0 Å². The zero-order valence-corrected chi connectivity index (χ0v) is 15.7. The second kappa shape index (κ2) is 6.40. The molecule has 0 radical (unpaired) electrons. The maximum Gasteiger partial charge on any atom is 0.340 e. The molecule has 0 unspecified atom stereocenters. The number of amides is 2. The number of hydrogen-bond donors (Lipinski definition) is 1. The third-order valence-corrected chi connectivity index (χ3v) is 6.39. The highest BCUT2D eigenvalue weighted by Gasteiger charge is 2.52. The Kier molecular flexibility index (Phi) is 4.61. The van der Waals surface area contributed by atoms with Gasteiger partial charge in [-0.3, -0.25) is 9.59 Å². The van der Waals surface area contributed by atoms with Crippen molar-refractivity contribution in [3.05, 3.63) is 28.2 Å². The van der Waals surface area contributed by atoms with E-state index >= 15 is 0 Å². The molecule has 24 heavy (non-hydrogen) atoms. The second-order valence-electron chi connectivity index (χ2n) is 5.94. The number of anilines is 1. The first kappa shape index (κ1) is 17.3. The van der Waals surface area contributed by atoms with Crippen LogP contribution in [-0.4, -0.2) is 46.5 Å². The van der Waals surface area contributed by atoms with Crippen molar-refractivity contribution in [2.24, 2.45) is 0 Å². The van der Waals surface area contributed by atoms with Crippen LogP contribution in [0.25, 0.3) is 0 Å². The molecule has 0 aromatic heterocycles. The normalized spacial score (nSPS) is 25.5. The first-order valence-electron chi connectivity index (χ1n) is 7.50. The average molecular weight is 413 g/mol. The van der Waals surface area contributed by atoms with E-state index in [4.69, 9.17) is 4.74 Å². The average Bonchev–Trinajstić information content (AvgIpc) is 3.05. The zero-order chi connectivity index (χ0) is 17.5. The Balaban J connectivity index is 1.83. The van der Waals surface area contributed by atoms with E-state index in [1.54, 1.807) is 34.9 Å². The van der Waals surface area contributed by atoms with Crippen molar-refractivity contribution in [1.29, 1.82) is 0 Å². The number of nitrogens with zero attached hydrogens (tertiary/aromatic N) is 1. The molecule has 1 aromatic carbocycles. The fourth-order valence-electron chi connectivity index (χ4n) is 3.14. The second-order valence-corrected chi connectivity index (χ2v) is 8.35. The van der Waals surface area contributed by atoms with Gasteiger partial charge < -0.3 is 15.0 Å². The van der Waals surface area contributed by atoms with Gasteiger partial charge in [-0.05, 0) is 31.5 Å². The van der Waals surface area contributed by atoms with Gasteiger partial charge in [0.1, 0.15) is 6.04 Å². The largest absolute Gasteiger partial charge is 0.465 e. The molecule has 2 saturated heterocycles. The van der Waals surface area contributed by atoms with Crippen LogP contribution in [0.15, 0.2) is 22.7 Å². The van der Waals surface area contributed by atoms with E-state index in [-0.39, 0.29) is 22.2 Å². The summed E-state index contributed by atoms with van der Waals surface area (Å²) in [6.07, 6.45) is 1.23. The Bertz CT molecular complexity index is 726. The van der Waals surface area contributed by atoms with Crippen LogP contribution in [0.3, 0.4) is 0 Å². The lowest BCUT2D eigenvalue weighted by molar-refractivity contribution is -0.135. The van der Waals surface area contributed by atoms with Crippen LogP contribution in [-0.2, 0) is 14.3 Å². The number of rotatable bonds is 3. The number of esters is 1. The van der Waals surface area contributed by atoms with Crippen LogP contribution in [0.1, 0.15) is 30.1 Å². The summed E-state index contributed by atoms with van der Waals surface area (Å²) in [5.41, 5.74) is 0.640. The summed E-state index contributed by atoms with van der Waals surface area (Å²) >= 11 is 4.93. The first-order chi connectivity index (χ1) is 11.4. The summed E-state index contributed by atoms with van der Waals surface area (Å²) in [7, 11) is 1.29. The number of fused-ring (bicyclic) bond motifs is 1. The Hall–Kier alpha value is -1.54. The minimum absolute atomic E-state index is 0.00616. The van der Waals surface area contributed by atoms with Gasteiger partial charge in [-0.2, -0.15) is 0 Å². The molecule has 2 aliphatic rings. The maximum absolute atomic E-state index is 12.7. The van der Waals surface area contributed by atoms with Crippen molar-refractivity contribution >= 4 is 51.2 Å². The number of thioether (sulfide) groups is 1. The highest BCUT2D eigenvalue weighted by Crippen LogP contribution is 2.47. The van der Waals surface area contributed by atoms with Crippen LogP contribution >= 0.6 is 27.7 Å². The van der Waals surface area contributed by atoms with Crippen molar-refractivity contribution < 1.29 is 19.1 Å². The maximum atomic E-state index is 12.7. The molecule has 0 saturated carbocycles. The number of benzene rings is 1. The number of carbonyl (C=O) groups excluding carboxylic acids is 3. The minimum atomic E-state index is -0.533. The predicted octanol–water partition coefficient (Wildman–Crippen LogP) is 2.63. The topological polar surface area (TPSA) is 75.7 Å². The van der Waals surface area contributed by atoms with Gasteiger partial charge in [0, 0.05) is 16.6 Å². The number of methoxy groups -OCH3 is 1. The van der Waals surface area contributed by atoms with Crippen molar-refractivity contribution in [3.8, 4) is 0 Å². The Morgan fingerprint density at radius 3 is 2.92 bits per heavy atom. The van der Waals surface area contributed by atoms with Gasteiger partial charge in [-0.25, -0.2) is 4.79 Å². The van der Waals surface area contributed by atoms with E-state index in [0.29, 0.717) is 22.3 Å². The van der Waals surface area contributed by atoms with Crippen LogP contribution in [0, 0.1) is 0 Å². The van der Waals surface area contributed by atoms with Gasteiger partial charge in [0.2, 0.25) is 11.8 Å². The van der Waals surface area contributed by atoms with Crippen molar-refractivity contribution in [3.63, 3.8) is 0 Å². The Morgan fingerprint density at radius 2 is 2.21 bits per heavy atom. The zero-order valence-electron chi connectivity index (χ0n) is 13.3. The van der Waals surface area contributed by atoms with E-state index in [0.717, 1.165) is 6.42 Å². The summed E-state index contributed by atoms with van der Waals surface area (Å²) in [6.45, 7) is 2.00. The smallest absolute Gasteiger partial charge is 0.340 e. The summed E-state index contributed by atoms with van der Waals surface area (Å²) in [5.74, 6) is -0.256. The molecule has 0 aliphatic carbocycles. The molecule has 2 fully saturated rings. The highest BCUT2D eigenvalue weighted by atomic mass is 79.9. The summed E-state index contributed by atoms with van der Waals surface area (Å²) in [5, 5.41) is 2.78. The quantitative estimate of drug-likeness (QED) is 0.772. The van der Waals surface area contributed by atoms with Crippen molar-refractivity contribution in [2.75, 3.05) is 18.2 Å². The third kappa shape index (κ3) is 2.93. The number of ether oxygens (including phenoxy) is 1. The van der Waals surface area contributed by atoms with Crippen LogP contribution < -0.4 is 5.32 Å². The predicted molar refractivity (Wildman–Crippen MR) is 94.8 cm³/mol. The van der Waals surface area contributed by atoms with Crippen molar-refractivity contribution in [1.82, 2.24) is 4.90 Å². The number of hydrogen-bond acceptors (Lipinski definition) is 5. The number of nitrogens with one attached hydrogen (secondary N) is 1. The van der Waals surface area contributed by atoms with Gasteiger partial charge in [-0.15, -0.1) is 11.8 Å². The van der Waals surface area contributed by atoms with E-state index in [1.807, 2.05) is 6.92 Å². The molecule has 3 rings (SSSR count). The molecule has 1 aromatic rings. The standard InChI is InChI=1S/C16H17BrN2O4S/c1-16-6-5-13(20)19(16)12(8-24-16)14(21)18-11-4-3-9(17)7-10(11)15(22)23-2/h3-4,7,12H,5-6,8H2,1-2H3,(H,18,21)/t12-,16+/m1/s1. The van der Waals surface area contributed by atoms with E-state index < -0.39 is 12.0 Å². The monoisotopic (exact) mass is 412 g/mol. The number of halogens is 1. The lowest BCUT2D eigenvalue weighted by Crippen LogP contribution is -2.48. The van der Waals surface area contributed by atoms with Gasteiger partial charge in [0.05, 0.1) is 23.2 Å². The van der Waals surface area contributed by atoms with Crippen LogP contribution in [0.5, 0.6) is 0 Å². The Morgan fingerprint density at radius 1 is 1.46 bits per heavy atom. The lowest BCUT2D eigenvalue weighted by atomic mass is 10.1. The molecule has 2 aliphatic heterocycles. The molecule has 0 spiro atoms. The third-order valence-electron chi connectivity index (χ3n) is 4.39. The fourth-order valence-corrected chi connectivity index (χ4v) is 4.93. The van der Waals surface area contributed by atoms with E-state index in [1.165, 1.54) is 7.11 Å². The summed E-state index contributed by atoms with van der Waals surface area (Å²) in [6, 6.07) is 4.44. The van der Waals surface area contributed by atoms with E-state index in [9.17, 15) is 14.4 Å². The molecule has 0 bridgehead atoms. The summed E-state index contributed by atoms with van der Waals surface area (Å²) in [4.78, 5) is 38.2.